The number of likely N-dealkylation sites (tertiary alicyclic amines) is 1. The Morgan fingerprint density at radius 2 is 1.90 bits per heavy atom. The van der Waals surface area contributed by atoms with Crippen LogP contribution in [0.3, 0.4) is 0 Å². The molecule has 0 unspecified atom stereocenters. The summed E-state index contributed by atoms with van der Waals surface area (Å²) < 4.78 is 12.8. The third-order valence-electron chi connectivity index (χ3n) is 3.44. The van der Waals surface area contributed by atoms with E-state index in [1.807, 2.05) is 6.29 Å². The van der Waals surface area contributed by atoms with E-state index in [-0.39, 0.29) is 11.8 Å². The van der Waals surface area contributed by atoms with Gasteiger partial charge in [0, 0.05) is 19.5 Å². The number of halogens is 1. The molecule has 0 aromatic heterocycles. The normalized spacial score (nSPS) is 16.6. The number of carbonyl (C=O) groups excluding carboxylic acids is 2. The van der Waals surface area contributed by atoms with Crippen LogP contribution in [0, 0.1) is 5.82 Å². The third-order valence-corrected chi connectivity index (χ3v) is 3.44. The minimum atomic E-state index is -0.699. The van der Waals surface area contributed by atoms with Crippen LogP contribution < -0.4 is 5.32 Å². The van der Waals surface area contributed by atoms with Crippen molar-refractivity contribution in [1.29, 1.82) is 0 Å². The maximum Gasteiger partial charge on any atom is 0.318 e. The first kappa shape index (κ1) is 14.5. The SMILES string of the molecule is O=[C][C@H](Cc1ccc(F)cc1)NC(=O)N1CCCCC1. The van der Waals surface area contributed by atoms with Crippen molar-refractivity contribution in [3.63, 3.8) is 0 Å². The maximum atomic E-state index is 12.8. The zero-order valence-corrected chi connectivity index (χ0v) is 11.3. The average Bonchev–Trinajstić information content (AvgIpc) is 2.49. The second-order valence-electron chi connectivity index (χ2n) is 5.00. The quantitative estimate of drug-likeness (QED) is 0.915. The fourth-order valence-electron chi connectivity index (χ4n) is 2.32. The summed E-state index contributed by atoms with van der Waals surface area (Å²) in [5.74, 6) is -0.322. The van der Waals surface area contributed by atoms with Gasteiger partial charge in [-0.1, -0.05) is 12.1 Å². The van der Waals surface area contributed by atoms with E-state index < -0.39 is 6.04 Å². The van der Waals surface area contributed by atoms with E-state index in [1.165, 1.54) is 12.1 Å². The first-order valence-corrected chi connectivity index (χ1v) is 6.86. The summed E-state index contributed by atoms with van der Waals surface area (Å²) in [4.78, 5) is 24.7. The molecule has 1 heterocycles. The Bertz CT molecular complexity index is 455. The molecule has 0 aliphatic carbocycles. The number of benzene rings is 1. The van der Waals surface area contributed by atoms with Crippen molar-refractivity contribution in [2.75, 3.05) is 13.1 Å². The van der Waals surface area contributed by atoms with Crippen molar-refractivity contribution in [2.24, 2.45) is 0 Å². The van der Waals surface area contributed by atoms with Gasteiger partial charge in [-0.3, -0.25) is 4.79 Å². The molecule has 0 saturated carbocycles. The van der Waals surface area contributed by atoms with Gasteiger partial charge in [0.2, 0.25) is 6.29 Å². The molecule has 1 saturated heterocycles. The summed E-state index contributed by atoms with van der Waals surface area (Å²) in [5, 5.41) is 2.67. The Morgan fingerprint density at radius 3 is 2.50 bits per heavy atom. The van der Waals surface area contributed by atoms with Gasteiger partial charge in [0.15, 0.2) is 0 Å². The molecule has 1 fully saturated rings. The van der Waals surface area contributed by atoms with Gasteiger partial charge in [-0.2, -0.15) is 0 Å². The molecule has 1 atom stereocenters. The summed E-state index contributed by atoms with van der Waals surface area (Å²) in [6.45, 7) is 1.46. The highest BCUT2D eigenvalue weighted by Crippen LogP contribution is 2.09. The van der Waals surface area contributed by atoms with Crippen molar-refractivity contribution in [3.8, 4) is 0 Å². The average molecular weight is 277 g/mol. The minimum Gasteiger partial charge on any atom is -0.327 e. The highest BCUT2D eigenvalue weighted by Gasteiger charge is 2.20. The van der Waals surface area contributed by atoms with E-state index in [1.54, 1.807) is 17.0 Å². The zero-order chi connectivity index (χ0) is 14.4. The zero-order valence-electron chi connectivity index (χ0n) is 11.3. The van der Waals surface area contributed by atoms with Gasteiger partial charge in [-0.15, -0.1) is 0 Å². The predicted octanol–water partition coefficient (Wildman–Crippen LogP) is 2.04. The van der Waals surface area contributed by atoms with Gasteiger partial charge >= 0.3 is 6.03 Å². The Morgan fingerprint density at radius 1 is 1.25 bits per heavy atom. The molecular weight excluding hydrogens is 259 g/mol. The molecule has 1 radical (unpaired) electrons. The predicted molar refractivity (Wildman–Crippen MR) is 73.5 cm³/mol. The Balaban J connectivity index is 1.89. The molecule has 107 valence electrons. The minimum absolute atomic E-state index is 0.222. The molecule has 1 aromatic rings. The molecule has 1 aliphatic rings. The molecule has 2 rings (SSSR count). The van der Waals surface area contributed by atoms with E-state index >= 15 is 0 Å². The lowest BCUT2D eigenvalue weighted by atomic mass is 10.1. The van der Waals surface area contributed by atoms with Crippen LogP contribution in [0.15, 0.2) is 24.3 Å². The second-order valence-corrected chi connectivity index (χ2v) is 5.00. The highest BCUT2D eigenvalue weighted by molar-refractivity contribution is 5.78. The molecule has 1 N–H and O–H groups in total. The number of amides is 2. The maximum absolute atomic E-state index is 12.8. The van der Waals surface area contributed by atoms with Crippen LogP contribution >= 0.6 is 0 Å². The van der Waals surface area contributed by atoms with Crippen LogP contribution in [0.5, 0.6) is 0 Å². The van der Waals surface area contributed by atoms with Gasteiger partial charge in [0.25, 0.3) is 0 Å². The first-order chi connectivity index (χ1) is 9.69. The van der Waals surface area contributed by atoms with Crippen LogP contribution in [-0.2, 0) is 11.2 Å². The summed E-state index contributed by atoms with van der Waals surface area (Å²) >= 11 is 0. The monoisotopic (exact) mass is 277 g/mol. The Labute approximate surface area is 118 Å². The van der Waals surface area contributed by atoms with Crippen LogP contribution in [0.1, 0.15) is 24.8 Å². The molecule has 4 nitrogen and oxygen atoms in total. The van der Waals surface area contributed by atoms with Crippen LogP contribution in [-0.4, -0.2) is 36.3 Å². The number of urea groups is 1. The molecule has 1 aromatic carbocycles. The van der Waals surface area contributed by atoms with Crippen molar-refractivity contribution in [1.82, 2.24) is 10.2 Å². The number of nitrogens with one attached hydrogen (secondary N) is 1. The molecule has 5 heteroatoms. The number of hydrogen-bond acceptors (Lipinski definition) is 2. The molecular formula is C15H18FN2O2. The van der Waals surface area contributed by atoms with E-state index in [0.29, 0.717) is 6.42 Å². The third kappa shape index (κ3) is 4.05. The van der Waals surface area contributed by atoms with Crippen LogP contribution in [0.2, 0.25) is 0 Å². The number of hydrogen-bond donors (Lipinski definition) is 1. The number of carbonyl (C=O) groups is 1. The molecule has 2 amide bonds. The number of nitrogens with zero attached hydrogens (tertiary/aromatic N) is 1. The summed E-state index contributed by atoms with van der Waals surface area (Å²) in [6, 6.07) is 4.96. The van der Waals surface area contributed by atoms with Crippen molar-refractivity contribution in [3.05, 3.63) is 35.6 Å². The van der Waals surface area contributed by atoms with Crippen molar-refractivity contribution < 1.29 is 14.0 Å². The summed E-state index contributed by atoms with van der Waals surface area (Å²) in [5.41, 5.74) is 0.790. The van der Waals surface area contributed by atoms with Crippen molar-refractivity contribution in [2.45, 2.75) is 31.7 Å². The van der Waals surface area contributed by atoms with Crippen molar-refractivity contribution >= 4 is 12.3 Å². The van der Waals surface area contributed by atoms with E-state index in [2.05, 4.69) is 5.32 Å². The Kier molecular flexibility index (Phi) is 5.09. The lowest BCUT2D eigenvalue weighted by Gasteiger charge is -2.28. The van der Waals surface area contributed by atoms with E-state index in [4.69, 9.17) is 0 Å². The Hall–Kier alpha value is -1.91. The van der Waals surface area contributed by atoms with Gasteiger partial charge in [0.05, 0.1) is 0 Å². The second kappa shape index (κ2) is 7.03. The smallest absolute Gasteiger partial charge is 0.318 e. The standard InChI is InChI=1S/C15H18FN2O2/c16-13-6-4-12(5-7-13)10-14(11-19)17-15(20)18-8-2-1-3-9-18/h4-7,14H,1-3,8-10H2,(H,17,20)/t14-/m0/s1. The van der Waals surface area contributed by atoms with Crippen LogP contribution in [0.4, 0.5) is 9.18 Å². The lowest BCUT2D eigenvalue weighted by molar-refractivity contribution is 0.185. The molecule has 0 bridgehead atoms. The van der Waals surface area contributed by atoms with E-state index in [0.717, 1.165) is 37.9 Å². The van der Waals surface area contributed by atoms with Gasteiger partial charge in [-0.25, -0.2) is 9.18 Å². The highest BCUT2D eigenvalue weighted by atomic mass is 19.1. The fourth-order valence-corrected chi connectivity index (χ4v) is 2.32. The first-order valence-electron chi connectivity index (χ1n) is 6.86. The summed E-state index contributed by atoms with van der Waals surface area (Å²) in [6.07, 6.45) is 5.30. The molecule has 1 aliphatic heterocycles. The lowest BCUT2D eigenvalue weighted by Crippen LogP contribution is -2.48. The fraction of sp³-hybridized carbons (Fsp3) is 0.467. The van der Waals surface area contributed by atoms with Gasteiger partial charge < -0.3 is 10.2 Å². The topological polar surface area (TPSA) is 49.4 Å². The number of rotatable bonds is 4. The van der Waals surface area contributed by atoms with Crippen LogP contribution in [0.25, 0.3) is 0 Å². The van der Waals surface area contributed by atoms with Gasteiger partial charge in [-0.05, 0) is 37.0 Å². The molecule has 20 heavy (non-hydrogen) atoms. The summed E-state index contributed by atoms with van der Waals surface area (Å²) in [7, 11) is 0. The van der Waals surface area contributed by atoms with E-state index in [9.17, 15) is 14.0 Å². The number of piperidine rings is 1. The van der Waals surface area contributed by atoms with Gasteiger partial charge in [0.1, 0.15) is 11.9 Å². The largest absolute Gasteiger partial charge is 0.327 e. The molecule has 0 spiro atoms.